The molecule has 3 heterocycles. The first-order chi connectivity index (χ1) is 10.6. The maximum Gasteiger partial charge on any atom is 0.320 e. The Kier molecular flexibility index (Phi) is 3.69. The number of rotatable bonds is 3. The number of anilines is 1. The molecule has 0 bridgehead atoms. The van der Waals surface area contributed by atoms with E-state index in [2.05, 4.69) is 25.6 Å². The van der Waals surface area contributed by atoms with E-state index in [-0.39, 0.29) is 12.1 Å². The van der Waals surface area contributed by atoms with Crippen molar-refractivity contribution in [2.45, 2.75) is 19.9 Å². The number of nitrogens with one attached hydrogen (secondary N) is 2. The van der Waals surface area contributed by atoms with Crippen molar-refractivity contribution >= 4 is 17.5 Å². The lowest BCUT2D eigenvalue weighted by molar-refractivity contribution is 0.250. The fourth-order valence-corrected chi connectivity index (χ4v) is 2.08. The maximum atomic E-state index is 11.7. The highest BCUT2D eigenvalue weighted by molar-refractivity contribution is 5.88. The van der Waals surface area contributed by atoms with E-state index in [4.69, 9.17) is 0 Å². The van der Waals surface area contributed by atoms with Crippen LogP contribution >= 0.6 is 0 Å². The number of pyridine rings is 1. The normalized spacial score (nSPS) is 10.9. The lowest BCUT2D eigenvalue weighted by Crippen LogP contribution is -2.34. The molecule has 3 aromatic rings. The van der Waals surface area contributed by atoms with Gasteiger partial charge in [-0.3, -0.25) is 5.32 Å². The standard InChI is InChI=1S/C15H16N6O/c1-10(2)18-15(22)20-13-8-21-4-3-11(5-14(21)19-13)12-6-16-9-17-7-12/h3-10H,1-2H3,(H2,18,20,22). The molecule has 0 fully saturated rings. The Morgan fingerprint density at radius 2 is 2.00 bits per heavy atom. The van der Waals surface area contributed by atoms with E-state index in [1.165, 1.54) is 6.33 Å². The van der Waals surface area contributed by atoms with Crippen LogP contribution in [-0.2, 0) is 0 Å². The predicted octanol–water partition coefficient (Wildman–Crippen LogP) is 2.32. The zero-order chi connectivity index (χ0) is 15.5. The zero-order valence-electron chi connectivity index (χ0n) is 12.3. The SMILES string of the molecule is CC(C)NC(=O)Nc1cn2ccc(-c3cncnc3)cc2n1. The van der Waals surface area contributed by atoms with Crippen LogP contribution in [0.1, 0.15) is 13.8 Å². The number of carbonyl (C=O) groups excluding carboxylic acids is 1. The summed E-state index contributed by atoms with van der Waals surface area (Å²) in [5, 5.41) is 5.47. The smallest absolute Gasteiger partial charge is 0.320 e. The molecule has 22 heavy (non-hydrogen) atoms. The van der Waals surface area contributed by atoms with Gasteiger partial charge < -0.3 is 9.72 Å². The van der Waals surface area contributed by atoms with E-state index in [1.54, 1.807) is 18.6 Å². The van der Waals surface area contributed by atoms with E-state index in [9.17, 15) is 4.79 Å². The molecule has 112 valence electrons. The average Bonchev–Trinajstić information content (AvgIpc) is 2.88. The number of amides is 2. The van der Waals surface area contributed by atoms with Crippen molar-refractivity contribution in [3.8, 4) is 11.1 Å². The van der Waals surface area contributed by atoms with Gasteiger partial charge in [0.25, 0.3) is 0 Å². The molecular weight excluding hydrogens is 280 g/mol. The number of hydrogen-bond donors (Lipinski definition) is 2. The molecular formula is C15H16N6O. The molecule has 0 unspecified atom stereocenters. The van der Waals surface area contributed by atoms with Gasteiger partial charge in [-0.2, -0.15) is 0 Å². The molecule has 0 saturated heterocycles. The van der Waals surface area contributed by atoms with Crippen LogP contribution in [0.4, 0.5) is 10.6 Å². The van der Waals surface area contributed by atoms with Crippen molar-refractivity contribution in [1.29, 1.82) is 0 Å². The minimum absolute atomic E-state index is 0.0710. The molecule has 0 aliphatic rings. The molecule has 0 aromatic carbocycles. The minimum atomic E-state index is -0.268. The molecule has 0 radical (unpaired) electrons. The van der Waals surface area contributed by atoms with E-state index >= 15 is 0 Å². The van der Waals surface area contributed by atoms with Crippen LogP contribution in [0.15, 0.2) is 43.2 Å². The van der Waals surface area contributed by atoms with Crippen LogP contribution in [0.25, 0.3) is 16.8 Å². The predicted molar refractivity (Wildman–Crippen MR) is 83.5 cm³/mol. The molecule has 3 rings (SSSR count). The summed E-state index contributed by atoms with van der Waals surface area (Å²) in [4.78, 5) is 24.1. The monoisotopic (exact) mass is 296 g/mol. The van der Waals surface area contributed by atoms with Gasteiger partial charge in [0.15, 0.2) is 5.82 Å². The molecule has 0 spiro atoms. The summed E-state index contributed by atoms with van der Waals surface area (Å²) >= 11 is 0. The van der Waals surface area contributed by atoms with Gasteiger partial charge in [0.2, 0.25) is 0 Å². The number of fused-ring (bicyclic) bond motifs is 1. The Morgan fingerprint density at radius 3 is 2.73 bits per heavy atom. The van der Waals surface area contributed by atoms with Crippen LogP contribution in [-0.4, -0.2) is 31.4 Å². The van der Waals surface area contributed by atoms with Crippen LogP contribution in [0.5, 0.6) is 0 Å². The second kappa shape index (κ2) is 5.80. The third-order valence-electron chi connectivity index (χ3n) is 3.02. The van der Waals surface area contributed by atoms with E-state index in [0.717, 1.165) is 16.8 Å². The van der Waals surface area contributed by atoms with Crippen LogP contribution in [0.3, 0.4) is 0 Å². The molecule has 2 amide bonds. The maximum absolute atomic E-state index is 11.7. The van der Waals surface area contributed by atoms with Gasteiger partial charge in [0, 0.05) is 30.2 Å². The summed E-state index contributed by atoms with van der Waals surface area (Å²) in [7, 11) is 0. The summed E-state index contributed by atoms with van der Waals surface area (Å²) in [6.07, 6.45) is 8.64. The van der Waals surface area contributed by atoms with E-state index < -0.39 is 0 Å². The van der Waals surface area contributed by atoms with Gasteiger partial charge in [-0.25, -0.2) is 19.7 Å². The highest BCUT2D eigenvalue weighted by atomic mass is 16.2. The molecule has 7 heteroatoms. The van der Waals surface area contributed by atoms with E-state index in [1.807, 2.05) is 36.6 Å². The Balaban J connectivity index is 1.86. The average molecular weight is 296 g/mol. The van der Waals surface area contributed by atoms with Gasteiger partial charge >= 0.3 is 6.03 Å². The largest absolute Gasteiger partial charge is 0.336 e. The van der Waals surface area contributed by atoms with Crippen LogP contribution < -0.4 is 10.6 Å². The van der Waals surface area contributed by atoms with Gasteiger partial charge in [-0.05, 0) is 31.5 Å². The number of nitrogens with zero attached hydrogens (tertiary/aromatic N) is 4. The number of carbonyl (C=O) groups is 1. The van der Waals surface area contributed by atoms with Crippen molar-refractivity contribution in [3.63, 3.8) is 0 Å². The molecule has 3 aromatic heterocycles. The Hall–Kier alpha value is -2.96. The van der Waals surface area contributed by atoms with Gasteiger partial charge in [0.05, 0.1) is 6.20 Å². The van der Waals surface area contributed by atoms with Gasteiger partial charge in [-0.15, -0.1) is 0 Å². The van der Waals surface area contributed by atoms with Crippen molar-refractivity contribution < 1.29 is 4.79 Å². The zero-order valence-corrected chi connectivity index (χ0v) is 12.3. The van der Waals surface area contributed by atoms with Crippen molar-refractivity contribution in [3.05, 3.63) is 43.2 Å². The van der Waals surface area contributed by atoms with Crippen molar-refractivity contribution in [1.82, 2.24) is 24.7 Å². The highest BCUT2D eigenvalue weighted by Crippen LogP contribution is 2.20. The van der Waals surface area contributed by atoms with Crippen molar-refractivity contribution in [2.75, 3.05) is 5.32 Å². The summed E-state index contributed by atoms with van der Waals surface area (Å²) in [6.45, 7) is 3.80. The summed E-state index contributed by atoms with van der Waals surface area (Å²) < 4.78 is 1.85. The summed E-state index contributed by atoms with van der Waals surface area (Å²) in [5.74, 6) is 0.500. The molecule has 2 N–H and O–H groups in total. The third-order valence-corrected chi connectivity index (χ3v) is 3.02. The van der Waals surface area contributed by atoms with Gasteiger partial charge in [0.1, 0.15) is 12.0 Å². The first-order valence-corrected chi connectivity index (χ1v) is 6.93. The van der Waals surface area contributed by atoms with Crippen LogP contribution in [0.2, 0.25) is 0 Å². The highest BCUT2D eigenvalue weighted by Gasteiger charge is 2.08. The fraction of sp³-hybridized carbons (Fsp3) is 0.200. The fourth-order valence-electron chi connectivity index (χ4n) is 2.08. The molecule has 7 nitrogen and oxygen atoms in total. The van der Waals surface area contributed by atoms with Crippen molar-refractivity contribution in [2.24, 2.45) is 0 Å². The molecule has 0 saturated carbocycles. The number of urea groups is 1. The Bertz CT molecular complexity index is 796. The molecule has 0 aliphatic heterocycles. The number of imidazole rings is 1. The summed E-state index contributed by atoms with van der Waals surface area (Å²) in [6, 6.07) is 3.67. The second-order valence-electron chi connectivity index (χ2n) is 5.19. The Labute approximate surface area is 127 Å². The number of aromatic nitrogens is 4. The summed E-state index contributed by atoms with van der Waals surface area (Å²) in [5.41, 5.74) is 2.62. The molecule has 0 atom stereocenters. The van der Waals surface area contributed by atoms with Crippen LogP contribution in [0, 0.1) is 0 Å². The topological polar surface area (TPSA) is 84.2 Å². The molecule has 0 aliphatic carbocycles. The minimum Gasteiger partial charge on any atom is -0.336 e. The number of hydrogen-bond acceptors (Lipinski definition) is 4. The van der Waals surface area contributed by atoms with Gasteiger partial charge in [-0.1, -0.05) is 0 Å². The second-order valence-corrected chi connectivity index (χ2v) is 5.19. The van der Waals surface area contributed by atoms with E-state index in [0.29, 0.717) is 5.82 Å². The third kappa shape index (κ3) is 3.03. The first-order valence-electron chi connectivity index (χ1n) is 6.93. The lowest BCUT2D eigenvalue weighted by Gasteiger charge is -2.07. The quantitative estimate of drug-likeness (QED) is 0.777. The lowest BCUT2D eigenvalue weighted by atomic mass is 10.1. The Morgan fingerprint density at radius 1 is 1.23 bits per heavy atom. The first kappa shape index (κ1) is 14.0.